The maximum absolute atomic E-state index is 2.54. The van der Waals surface area contributed by atoms with Gasteiger partial charge in [-0.05, 0) is 104 Å². The van der Waals surface area contributed by atoms with Gasteiger partial charge < -0.3 is 9.47 Å². The number of anilines is 3. The smallest absolute Gasteiger partial charge is 0.0617 e. The molecule has 1 heterocycles. The molecule has 0 fully saturated rings. The van der Waals surface area contributed by atoms with E-state index in [1.807, 2.05) is 0 Å². The van der Waals surface area contributed by atoms with Gasteiger partial charge in [-0.15, -0.1) is 0 Å². The van der Waals surface area contributed by atoms with Gasteiger partial charge in [-0.25, -0.2) is 0 Å². The number of benzene rings is 10. The molecule has 2 nitrogen and oxygen atoms in total. The van der Waals surface area contributed by atoms with Crippen molar-refractivity contribution >= 4 is 66.1 Å². The summed E-state index contributed by atoms with van der Waals surface area (Å²) < 4.78 is 2.54. The minimum absolute atomic E-state index is 0.451. The molecule has 1 aromatic heterocycles. The lowest BCUT2D eigenvalue weighted by molar-refractivity contribution is 0.730. The Bertz CT molecular complexity index is 3640. The van der Waals surface area contributed by atoms with Gasteiger partial charge in [0.1, 0.15) is 0 Å². The summed E-state index contributed by atoms with van der Waals surface area (Å²) in [4.78, 5) is 2.50. The summed E-state index contributed by atoms with van der Waals surface area (Å²) in [7, 11) is 0. The van der Waals surface area contributed by atoms with E-state index in [-0.39, 0.29) is 0 Å². The SMILES string of the molecule is CC1C=CC=C(n2c3ccccc3c3cccc(-c4ccccc4N(c4ccc(-c5ccc6ccccc6c5)cc4)c4ccccc4-c4cccc5cccc(-c6ccccc6)c45)c32)C1. The Balaban J connectivity index is 1.11. The van der Waals surface area contributed by atoms with Crippen LogP contribution in [0.2, 0.25) is 0 Å². The molecular formula is C63H46N2. The van der Waals surface area contributed by atoms with Crippen LogP contribution in [-0.2, 0) is 0 Å². The molecule has 308 valence electrons. The highest BCUT2D eigenvalue weighted by atomic mass is 15.1. The van der Waals surface area contributed by atoms with Gasteiger partial charge in [0, 0.05) is 38.8 Å². The van der Waals surface area contributed by atoms with E-state index in [0.717, 1.165) is 29.0 Å². The molecule has 1 unspecified atom stereocenters. The van der Waals surface area contributed by atoms with Crippen LogP contribution in [0.25, 0.3) is 93.6 Å². The van der Waals surface area contributed by atoms with E-state index in [2.05, 4.69) is 259 Å². The molecule has 0 radical (unpaired) electrons. The summed E-state index contributed by atoms with van der Waals surface area (Å²) in [5, 5.41) is 7.46. The van der Waals surface area contributed by atoms with Crippen molar-refractivity contribution in [1.29, 1.82) is 0 Å². The molecular weight excluding hydrogens is 785 g/mol. The van der Waals surface area contributed by atoms with Gasteiger partial charge in [0.05, 0.1) is 22.4 Å². The van der Waals surface area contributed by atoms with Crippen molar-refractivity contribution < 1.29 is 0 Å². The number of hydrogen-bond acceptors (Lipinski definition) is 1. The van der Waals surface area contributed by atoms with Crippen molar-refractivity contribution in [3.63, 3.8) is 0 Å². The summed E-state index contributed by atoms with van der Waals surface area (Å²) in [6.45, 7) is 2.31. The van der Waals surface area contributed by atoms with Crippen LogP contribution < -0.4 is 4.90 Å². The Hall–Kier alpha value is -8.20. The maximum Gasteiger partial charge on any atom is 0.0617 e. The molecule has 0 spiro atoms. The molecule has 12 rings (SSSR count). The minimum Gasteiger partial charge on any atom is -0.312 e. The molecule has 1 atom stereocenters. The number of nitrogens with zero attached hydrogens (tertiary/aromatic N) is 2. The van der Waals surface area contributed by atoms with Crippen molar-refractivity contribution in [2.75, 3.05) is 4.90 Å². The molecule has 11 aromatic rings. The fourth-order valence-electron chi connectivity index (χ4n) is 10.3. The molecule has 1 aliphatic rings. The predicted molar refractivity (Wildman–Crippen MR) is 278 cm³/mol. The second-order valence-corrected chi connectivity index (χ2v) is 17.3. The molecule has 10 aromatic carbocycles. The normalized spacial score (nSPS) is 13.7. The molecule has 0 saturated carbocycles. The van der Waals surface area contributed by atoms with E-state index in [1.165, 1.54) is 88.0 Å². The molecule has 0 saturated heterocycles. The minimum atomic E-state index is 0.451. The van der Waals surface area contributed by atoms with E-state index >= 15 is 0 Å². The topological polar surface area (TPSA) is 8.17 Å². The van der Waals surface area contributed by atoms with Crippen LogP contribution in [0.15, 0.2) is 243 Å². The Morgan fingerprint density at radius 1 is 0.431 bits per heavy atom. The number of rotatable bonds is 8. The first-order valence-electron chi connectivity index (χ1n) is 22.7. The maximum atomic E-state index is 2.54. The van der Waals surface area contributed by atoms with Crippen molar-refractivity contribution in [3.8, 4) is 44.5 Å². The predicted octanol–water partition coefficient (Wildman–Crippen LogP) is 17.7. The van der Waals surface area contributed by atoms with Crippen molar-refractivity contribution in [2.24, 2.45) is 5.92 Å². The highest BCUT2D eigenvalue weighted by Crippen LogP contribution is 2.49. The lowest BCUT2D eigenvalue weighted by Crippen LogP contribution is -2.13. The first-order valence-corrected chi connectivity index (χ1v) is 22.7. The zero-order valence-electron chi connectivity index (χ0n) is 36.3. The Labute approximate surface area is 380 Å². The first kappa shape index (κ1) is 38.5. The third-order valence-corrected chi connectivity index (χ3v) is 13.3. The average molecular weight is 831 g/mol. The van der Waals surface area contributed by atoms with Crippen LogP contribution in [0, 0.1) is 5.92 Å². The molecule has 0 bridgehead atoms. The molecule has 0 aliphatic heterocycles. The fourth-order valence-corrected chi connectivity index (χ4v) is 10.3. The number of aromatic nitrogens is 1. The van der Waals surface area contributed by atoms with Crippen LogP contribution in [-0.4, -0.2) is 4.57 Å². The Morgan fingerprint density at radius 3 is 1.80 bits per heavy atom. The van der Waals surface area contributed by atoms with E-state index in [0.29, 0.717) is 5.92 Å². The van der Waals surface area contributed by atoms with Gasteiger partial charge in [-0.2, -0.15) is 0 Å². The summed E-state index contributed by atoms with van der Waals surface area (Å²) >= 11 is 0. The van der Waals surface area contributed by atoms with Gasteiger partial charge in [0.15, 0.2) is 0 Å². The molecule has 0 N–H and O–H groups in total. The van der Waals surface area contributed by atoms with Gasteiger partial charge in [0.25, 0.3) is 0 Å². The van der Waals surface area contributed by atoms with E-state index in [9.17, 15) is 0 Å². The quantitative estimate of drug-likeness (QED) is 0.148. The van der Waals surface area contributed by atoms with Gasteiger partial charge in [0.2, 0.25) is 0 Å². The van der Waals surface area contributed by atoms with Gasteiger partial charge >= 0.3 is 0 Å². The zero-order valence-corrected chi connectivity index (χ0v) is 36.3. The van der Waals surface area contributed by atoms with Crippen molar-refractivity contribution in [3.05, 3.63) is 243 Å². The first-order chi connectivity index (χ1) is 32.2. The Morgan fingerprint density at radius 2 is 1.02 bits per heavy atom. The average Bonchev–Trinajstić information content (AvgIpc) is 3.71. The standard InChI is InChI=1S/C63H46N2/c1-43-17-13-24-51(41-43)65-61-34-12-9-27-55(61)58-31-16-30-57(63(58)65)54-26-8-11-33-60(54)64(50-39-37-45(38-40-50)49-36-35-44-18-5-6-21-48(44)42-49)59-32-10-7-25-53(59)56-29-15-23-47-22-14-28-52(62(47)56)46-19-3-2-4-20-46/h2-40,42-43H,41H2,1H3. The molecule has 65 heavy (non-hydrogen) atoms. The summed E-state index contributed by atoms with van der Waals surface area (Å²) in [6.07, 6.45) is 7.83. The summed E-state index contributed by atoms with van der Waals surface area (Å²) in [6, 6.07) is 82.5. The summed E-state index contributed by atoms with van der Waals surface area (Å²) in [5.74, 6) is 0.451. The van der Waals surface area contributed by atoms with Crippen LogP contribution in [0.5, 0.6) is 0 Å². The highest BCUT2D eigenvalue weighted by molar-refractivity contribution is 6.16. The number of para-hydroxylation sites is 4. The van der Waals surface area contributed by atoms with Gasteiger partial charge in [-0.3, -0.25) is 0 Å². The number of fused-ring (bicyclic) bond motifs is 5. The van der Waals surface area contributed by atoms with Crippen LogP contribution in [0.1, 0.15) is 13.3 Å². The lowest BCUT2D eigenvalue weighted by atomic mass is 9.90. The van der Waals surface area contributed by atoms with Gasteiger partial charge in [-0.1, -0.05) is 207 Å². The number of hydrogen-bond donors (Lipinski definition) is 0. The van der Waals surface area contributed by atoms with Crippen LogP contribution in [0.4, 0.5) is 17.1 Å². The fraction of sp³-hybridized carbons (Fsp3) is 0.0476. The monoisotopic (exact) mass is 830 g/mol. The second-order valence-electron chi connectivity index (χ2n) is 17.3. The molecule has 2 heteroatoms. The van der Waals surface area contributed by atoms with E-state index in [4.69, 9.17) is 0 Å². The van der Waals surface area contributed by atoms with Crippen molar-refractivity contribution in [1.82, 2.24) is 4.57 Å². The molecule has 0 amide bonds. The van der Waals surface area contributed by atoms with E-state index < -0.39 is 0 Å². The lowest BCUT2D eigenvalue weighted by Gasteiger charge is -2.30. The Kier molecular flexibility index (Phi) is 9.57. The summed E-state index contributed by atoms with van der Waals surface area (Å²) in [5.41, 5.74) is 16.6. The largest absolute Gasteiger partial charge is 0.312 e. The highest BCUT2D eigenvalue weighted by Gasteiger charge is 2.25. The third-order valence-electron chi connectivity index (χ3n) is 13.3. The third kappa shape index (κ3) is 6.74. The second kappa shape index (κ2) is 16.2. The zero-order chi connectivity index (χ0) is 43.3. The van der Waals surface area contributed by atoms with Crippen LogP contribution >= 0.6 is 0 Å². The van der Waals surface area contributed by atoms with Crippen molar-refractivity contribution in [2.45, 2.75) is 13.3 Å². The van der Waals surface area contributed by atoms with E-state index in [1.54, 1.807) is 0 Å². The molecule has 1 aliphatic carbocycles. The number of allylic oxidation sites excluding steroid dienone is 4. The van der Waals surface area contributed by atoms with Crippen LogP contribution in [0.3, 0.4) is 0 Å².